The van der Waals surface area contributed by atoms with Crippen LogP contribution in [0.3, 0.4) is 0 Å². The van der Waals surface area contributed by atoms with Crippen molar-refractivity contribution in [3.63, 3.8) is 0 Å². The lowest BCUT2D eigenvalue weighted by atomic mass is 9.73. The van der Waals surface area contributed by atoms with E-state index in [1.165, 1.54) is 22.6 Å². The molecule has 0 saturated heterocycles. The zero-order chi connectivity index (χ0) is 15.8. The van der Waals surface area contributed by atoms with Gasteiger partial charge in [0.05, 0.1) is 3.58 Å². The predicted octanol–water partition coefficient (Wildman–Crippen LogP) is 6.08. The van der Waals surface area contributed by atoms with E-state index >= 15 is 0 Å². The van der Waals surface area contributed by atoms with Crippen LogP contribution in [0.2, 0.25) is 0 Å². The van der Waals surface area contributed by atoms with Crippen molar-refractivity contribution in [2.45, 2.75) is 51.8 Å². The van der Waals surface area contributed by atoms with Gasteiger partial charge in [-0.1, -0.05) is 32.6 Å². The summed E-state index contributed by atoms with van der Waals surface area (Å²) in [5.41, 5.74) is 0. The molecule has 0 spiro atoms. The Morgan fingerprint density at radius 1 is 1.39 bits per heavy atom. The van der Waals surface area contributed by atoms with Crippen LogP contribution in [0, 0.1) is 17.7 Å². The minimum atomic E-state index is -2.46. The van der Waals surface area contributed by atoms with Gasteiger partial charge in [0.1, 0.15) is 11.7 Å². The topological polar surface area (TPSA) is 0 Å². The summed E-state index contributed by atoms with van der Waals surface area (Å²) in [6.45, 7) is 2.14. The molecule has 2 aliphatic carbocycles. The van der Waals surface area contributed by atoms with Crippen molar-refractivity contribution in [1.29, 1.82) is 0 Å². The van der Waals surface area contributed by atoms with Gasteiger partial charge in [0.15, 0.2) is 0 Å². The van der Waals surface area contributed by atoms with Crippen LogP contribution < -0.4 is 0 Å². The third kappa shape index (κ3) is 3.34. The fraction of sp³-hybridized carbons (Fsp3) is 0.733. The van der Waals surface area contributed by atoms with Gasteiger partial charge in [-0.3, -0.25) is 0 Å². The Balaban J connectivity index is 2.23. The number of halogens is 3. The molecule has 0 bridgehead atoms. The van der Waals surface area contributed by atoms with Gasteiger partial charge >= 0.3 is 0 Å². The zero-order valence-corrected chi connectivity index (χ0v) is 12.8. The van der Waals surface area contributed by atoms with Gasteiger partial charge in [-0.25, -0.2) is 8.78 Å². The van der Waals surface area contributed by atoms with Gasteiger partial charge in [0.2, 0.25) is 0 Å². The highest BCUT2D eigenvalue weighted by Crippen LogP contribution is 2.43. The summed E-state index contributed by atoms with van der Waals surface area (Å²) in [5.74, 6) is -3.49. The first-order valence-electron chi connectivity index (χ1n) is 8.18. The zero-order valence-electron chi connectivity index (χ0n) is 13.6. The molecule has 0 aromatic rings. The summed E-state index contributed by atoms with van der Waals surface area (Å²) in [6.07, 6.45) is 3.99. The molecule has 0 aliphatic heterocycles. The van der Waals surface area contributed by atoms with E-state index in [1.807, 2.05) is 0 Å². The van der Waals surface area contributed by atoms with E-state index in [4.69, 9.17) is 4.11 Å². The number of hydrogen-bond acceptors (Lipinski definition) is 0. The number of hydrogen-bond donors (Lipinski definition) is 0. The molecule has 0 amide bonds. The van der Waals surface area contributed by atoms with E-state index < -0.39 is 23.9 Å². The molecule has 0 N–H and O–H groups in total. The maximum Gasteiger partial charge on any atom is 0.135 e. The standard InChI is InChI=1S/C15H21F2I/c1-2-3-10-4-6-11(7-5-10)12-8-13(16)15(18)14(17)9-12/h8,10-12H,2-7,9H2,1H3/i9D2,12D. The minimum Gasteiger partial charge on any atom is -0.211 e. The van der Waals surface area contributed by atoms with Gasteiger partial charge in [-0.05, 0) is 59.2 Å². The lowest BCUT2D eigenvalue weighted by Crippen LogP contribution is -2.22. The Labute approximate surface area is 126 Å². The van der Waals surface area contributed by atoms with Crippen LogP contribution in [0.5, 0.6) is 0 Å². The molecule has 0 heterocycles. The lowest BCUT2D eigenvalue weighted by Gasteiger charge is -2.33. The largest absolute Gasteiger partial charge is 0.211 e. The molecule has 0 radical (unpaired) electrons. The van der Waals surface area contributed by atoms with E-state index in [-0.39, 0.29) is 9.50 Å². The van der Waals surface area contributed by atoms with Crippen LogP contribution >= 0.6 is 22.6 Å². The Hall–Kier alpha value is 0.0700. The van der Waals surface area contributed by atoms with Crippen LogP contribution in [0.25, 0.3) is 0 Å². The van der Waals surface area contributed by atoms with E-state index in [9.17, 15) is 8.78 Å². The van der Waals surface area contributed by atoms with Crippen molar-refractivity contribution in [1.82, 2.24) is 0 Å². The first-order chi connectivity index (χ1) is 9.74. The first-order valence-corrected chi connectivity index (χ1v) is 7.76. The Bertz CT molecular complexity index is 468. The number of rotatable bonds is 3. The molecule has 1 saturated carbocycles. The smallest absolute Gasteiger partial charge is 0.135 e. The maximum absolute atomic E-state index is 14.1. The van der Waals surface area contributed by atoms with Crippen molar-refractivity contribution in [3.05, 3.63) is 21.3 Å². The molecule has 0 nitrogen and oxygen atoms in total. The van der Waals surface area contributed by atoms with Gasteiger partial charge in [-0.15, -0.1) is 0 Å². The second kappa shape index (κ2) is 6.49. The molecule has 1 unspecified atom stereocenters. The highest BCUT2D eigenvalue weighted by molar-refractivity contribution is 14.1. The van der Waals surface area contributed by atoms with Crippen LogP contribution in [-0.2, 0) is 0 Å². The molecular weight excluding hydrogens is 345 g/mol. The molecule has 102 valence electrons. The summed E-state index contributed by atoms with van der Waals surface area (Å²) < 4.78 is 52.2. The summed E-state index contributed by atoms with van der Waals surface area (Å²) in [5, 5.41) is 0. The molecule has 2 rings (SSSR count). The predicted molar refractivity (Wildman–Crippen MR) is 79.8 cm³/mol. The molecule has 18 heavy (non-hydrogen) atoms. The summed E-state index contributed by atoms with van der Waals surface area (Å²) in [6, 6.07) is 0. The lowest BCUT2D eigenvalue weighted by molar-refractivity contribution is 0.213. The SMILES string of the molecule is [2H]C1([2H])C(F)=C(I)C(F)=CC1([2H])C1CCC(CCC)CC1. The van der Waals surface area contributed by atoms with E-state index in [1.54, 1.807) is 0 Å². The maximum atomic E-state index is 14.1. The Morgan fingerprint density at radius 2 is 2.06 bits per heavy atom. The van der Waals surface area contributed by atoms with E-state index in [2.05, 4.69) is 6.92 Å². The molecule has 0 aromatic carbocycles. The third-order valence-corrected chi connectivity index (χ3v) is 4.91. The normalized spacial score (nSPS) is 42.9. The summed E-state index contributed by atoms with van der Waals surface area (Å²) in [4.78, 5) is 0. The minimum absolute atomic E-state index is 0.332. The summed E-state index contributed by atoms with van der Waals surface area (Å²) >= 11 is 1.47. The van der Waals surface area contributed by atoms with E-state index in [0.29, 0.717) is 18.8 Å². The van der Waals surface area contributed by atoms with Crippen molar-refractivity contribution in [2.75, 3.05) is 0 Å². The van der Waals surface area contributed by atoms with Gasteiger partial charge in [0.25, 0.3) is 0 Å². The van der Waals surface area contributed by atoms with Crippen LogP contribution in [0.15, 0.2) is 21.3 Å². The average Bonchev–Trinajstić information content (AvgIpc) is 2.45. The van der Waals surface area contributed by atoms with Gasteiger partial charge in [-0.2, -0.15) is 0 Å². The van der Waals surface area contributed by atoms with Crippen LogP contribution in [0.1, 0.15) is 55.9 Å². The fourth-order valence-electron chi connectivity index (χ4n) is 2.91. The highest BCUT2D eigenvalue weighted by Gasteiger charge is 2.30. The van der Waals surface area contributed by atoms with Crippen LogP contribution in [-0.4, -0.2) is 0 Å². The molecular formula is C15H21F2I. The molecule has 0 aromatic heterocycles. The molecule has 1 atom stereocenters. The van der Waals surface area contributed by atoms with Crippen molar-refractivity contribution >= 4 is 22.6 Å². The van der Waals surface area contributed by atoms with Gasteiger partial charge < -0.3 is 0 Å². The number of allylic oxidation sites excluding steroid dienone is 4. The second-order valence-corrected chi connectivity index (χ2v) is 6.29. The van der Waals surface area contributed by atoms with E-state index in [0.717, 1.165) is 31.8 Å². The molecule has 3 heteroatoms. The second-order valence-electron chi connectivity index (χ2n) is 5.21. The van der Waals surface area contributed by atoms with Crippen molar-refractivity contribution < 1.29 is 12.9 Å². The quantitative estimate of drug-likeness (QED) is 0.529. The third-order valence-electron chi connectivity index (χ3n) is 3.92. The summed E-state index contributed by atoms with van der Waals surface area (Å²) in [7, 11) is 0. The average molecular weight is 369 g/mol. The Kier molecular flexibility index (Phi) is 3.90. The van der Waals surface area contributed by atoms with Gasteiger partial charge in [0, 0.05) is 10.5 Å². The molecule has 2 aliphatic rings. The van der Waals surface area contributed by atoms with Crippen molar-refractivity contribution in [3.8, 4) is 0 Å². The van der Waals surface area contributed by atoms with Crippen molar-refractivity contribution in [2.24, 2.45) is 17.7 Å². The molecule has 1 fully saturated rings. The monoisotopic (exact) mass is 369 g/mol. The fourth-order valence-corrected chi connectivity index (χ4v) is 3.20. The van der Waals surface area contributed by atoms with Crippen LogP contribution in [0.4, 0.5) is 8.78 Å². The highest BCUT2D eigenvalue weighted by atomic mass is 127. The first kappa shape index (κ1) is 10.8. The Morgan fingerprint density at radius 3 is 2.67 bits per heavy atom.